The number of fused-ring (bicyclic) bond motifs is 1. The van der Waals surface area contributed by atoms with Gasteiger partial charge in [-0.25, -0.2) is 0 Å². The van der Waals surface area contributed by atoms with Crippen molar-refractivity contribution in [2.45, 2.75) is 33.4 Å². The Labute approximate surface area is 194 Å². The first-order valence-corrected chi connectivity index (χ1v) is 11.3. The van der Waals surface area contributed by atoms with Crippen LogP contribution in [0.15, 0.2) is 47.4 Å². The predicted molar refractivity (Wildman–Crippen MR) is 131 cm³/mol. The Morgan fingerprint density at radius 1 is 1.03 bits per heavy atom. The van der Waals surface area contributed by atoms with Gasteiger partial charge in [-0.1, -0.05) is 17.7 Å². The number of nitrogens with zero attached hydrogens (tertiary/aromatic N) is 3. The summed E-state index contributed by atoms with van der Waals surface area (Å²) >= 11 is 0. The quantitative estimate of drug-likeness (QED) is 0.594. The molecule has 0 N–H and O–H groups in total. The lowest BCUT2D eigenvalue weighted by molar-refractivity contribution is 0.0727. The zero-order chi connectivity index (χ0) is 23.7. The molecule has 1 saturated heterocycles. The van der Waals surface area contributed by atoms with Gasteiger partial charge in [-0.3, -0.25) is 9.59 Å². The number of aromatic nitrogens is 1. The molecule has 0 spiro atoms. The van der Waals surface area contributed by atoms with Crippen LogP contribution in [0.3, 0.4) is 0 Å². The average molecular weight is 450 g/mol. The van der Waals surface area contributed by atoms with Crippen molar-refractivity contribution in [2.24, 2.45) is 0 Å². The third kappa shape index (κ3) is 4.15. The van der Waals surface area contributed by atoms with Crippen LogP contribution in [0.4, 0.5) is 5.69 Å². The van der Waals surface area contributed by atoms with Crippen LogP contribution in [0.1, 0.15) is 29.8 Å². The molecule has 1 fully saturated rings. The molecule has 33 heavy (non-hydrogen) atoms. The van der Waals surface area contributed by atoms with E-state index in [1.165, 1.54) is 18.4 Å². The van der Waals surface area contributed by atoms with Crippen LogP contribution in [0, 0.1) is 6.92 Å². The molecule has 0 aliphatic carbocycles. The molecule has 174 valence electrons. The van der Waals surface area contributed by atoms with Crippen molar-refractivity contribution in [3.05, 3.63) is 64.1 Å². The molecular formula is C26H31N3O4. The van der Waals surface area contributed by atoms with Crippen LogP contribution in [0.2, 0.25) is 0 Å². The zero-order valence-electron chi connectivity index (χ0n) is 19.9. The van der Waals surface area contributed by atoms with Gasteiger partial charge >= 0.3 is 0 Å². The number of carbonyl (C=O) groups excluding carboxylic acids is 1. The number of hydrogen-bond donors (Lipinski definition) is 0. The van der Waals surface area contributed by atoms with Crippen LogP contribution in [-0.4, -0.2) is 55.3 Å². The van der Waals surface area contributed by atoms with Crippen LogP contribution < -0.4 is 19.9 Å². The van der Waals surface area contributed by atoms with Crippen molar-refractivity contribution in [3.63, 3.8) is 0 Å². The highest BCUT2D eigenvalue weighted by molar-refractivity contribution is 6.07. The Morgan fingerprint density at radius 2 is 1.67 bits per heavy atom. The van der Waals surface area contributed by atoms with Crippen LogP contribution in [-0.2, 0) is 6.54 Å². The van der Waals surface area contributed by atoms with E-state index in [2.05, 4.69) is 43.0 Å². The molecule has 0 unspecified atom stereocenters. The average Bonchev–Trinajstić information content (AvgIpc) is 2.83. The Balaban J connectivity index is 1.70. The maximum absolute atomic E-state index is 13.7. The first-order chi connectivity index (χ1) is 15.9. The molecule has 3 aromatic rings. The maximum Gasteiger partial charge on any atom is 0.258 e. The van der Waals surface area contributed by atoms with Crippen molar-refractivity contribution in [1.29, 1.82) is 0 Å². The van der Waals surface area contributed by atoms with E-state index in [1.807, 2.05) is 11.8 Å². The Morgan fingerprint density at radius 3 is 2.24 bits per heavy atom. The second kappa shape index (κ2) is 9.17. The number of rotatable bonds is 5. The lowest BCUT2D eigenvalue weighted by Crippen LogP contribution is -2.54. The molecule has 7 heteroatoms. The molecule has 2 heterocycles. The van der Waals surface area contributed by atoms with Gasteiger partial charge in [0.15, 0.2) is 11.5 Å². The van der Waals surface area contributed by atoms with Crippen molar-refractivity contribution in [3.8, 4) is 11.5 Å². The standard InChI is InChI=1S/C26H31N3O4/c1-6-27-16-22(20-13-23(32-4)24(33-5)14-21(20)25(27)30)26(31)28-11-12-29(18(3)15-28)19-9-7-17(2)8-10-19/h7-10,13-14,16,18H,6,11-12,15H2,1-5H3/t18-/m0/s1. The third-order valence-corrected chi connectivity index (χ3v) is 6.44. The Hall–Kier alpha value is -3.48. The number of pyridine rings is 1. The monoisotopic (exact) mass is 449 g/mol. The molecule has 4 rings (SSSR count). The summed E-state index contributed by atoms with van der Waals surface area (Å²) < 4.78 is 12.4. The van der Waals surface area contributed by atoms with E-state index in [4.69, 9.17) is 9.47 Å². The SMILES string of the molecule is CCn1cc(C(=O)N2CCN(c3ccc(C)cc3)[C@@H](C)C2)c2cc(OC)c(OC)cc2c1=O. The fourth-order valence-electron chi connectivity index (χ4n) is 4.56. The van der Waals surface area contributed by atoms with Gasteiger partial charge in [0.1, 0.15) is 0 Å². The minimum Gasteiger partial charge on any atom is -0.493 e. The maximum atomic E-state index is 13.7. The highest BCUT2D eigenvalue weighted by Gasteiger charge is 2.29. The molecule has 1 aromatic heterocycles. The molecule has 1 atom stereocenters. The highest BCUT2D eigenvalue weighted by atomic mass is 16.5. The van der Waals surface area contributed by atoms with E-state index < -0.39 is 0 Å². The van der Waals surface area contributed by atoms with Gasteiger partial charge in [0.25, 0.3) is 11.5 Å². The number of methoxy groups -OCH3 is 2. The Kier molecular flexibility index (Phi) is 6.31. The predicted octanol–water partition coefficient (Wildman–Crippen LogP) is 3.70. The molecule has 7 nitrogen and oxygen atoms in total. The van der Waals surface area contributed by atoms with Crippen LogP contribution in [0.5, 0.6) is 11.5 Å². The summed E-state index contributed by atoms with van der Waals surface area (Å²) in [5.41, 5.74) is 2.75. The lowest BCUT2D eigenvalue weighted by Gasteiger charge is -2.41. The number of aryl methyl sites for hydroxylation is 2. The molecule has 0 saturated carbocycles. The van der Waals surface area contributed by atoms with Crippen molar-refractivity contribution in [2.75, 3.05) is 38.8 Å². The lowest BCUT2D eigenvalue weighted by atomic mass is 10.0. The molecule has 0 bridgehead atoms. The molecule has 1 aliphatic rings. The molecule has 0 radical (unpaired) electrons. The summed E-state index contributed by atoms with van der Waals surface area (Å²) in [7, 11) is 3.08. The van der Waals surface area contributed by atoms with Gasteiger partial charge < -0.3 is 23.8 Å². The second-order valence-corrected chi connectivity index (χ2v) is 8.52. The fourth-order valence-corrected chi connectivity index (χ4v) is 4.56. The number of anilines is 1. The number of carbonyl (C=O) groups is 1. The van der Waals surface area contributed by atoms with E-state index in [9.17, 15) is 9.59 Å². The number of hydrogen-bond acceptors (Lipinski definition) is 5. The summed E-state index contributed by atoms with van der Waals surface area (Å²) in [6.45, 7) is 8.54. The molecule has 1 aliphatic heterocycles. The second-order valence-electron chi connectivity index (χ2n) is 8.52. The van der Waals surface area contributed by atoms with Crippen molar-refractivity contribution < 1.29 is 14.3 Å². The van der Waals surface area contributed by atoms with Gasteiger partial charge in [0, 0.05) is 49.5 Å². The van der Waals surface area contributed by atoms with E-state index in [0.29, 0.717) is 47.5 Å². The molecular weight excluding hydrogens is 418 g/mol. The summed E-state index contributed by atoms with van der Waals surface area (Å²) in [5, 5.41) is 1.03. The number of ether oxygens (including phenoxy) is 2. The van der Waals surface area contributed by atoms with Gasteiger partial charge in [-0.2, -0.15) is 0 Å². The van der Waals surface area contributed by atoms with E-state index in [-0.39, 0.29) is 17.5 Å². The highest BCUT2D eigenvalue weighted by Crippen LogP contribution is 2.33. The van der Waals surface area contributed by atoms with Crippen molar-refractivity contribution in [1.82, 2.24) is 9.47 Å². The number of piperazine rings is 1. The summed E-state index contributed by atoms with van der Waals surface area (Å²) in [6.07, 6.45) is 1.68. The van der Waals surface area contributed by atoms with Gasteiger partial charge in [-0.15, -0.1) is 0 Å². The number of benzene rings is 2. The van der Waals surface area contributed by atoms with Gasteiger partial charge in [0.05, 0.1) is 25.2 Å². The first kappa shape index (κ1) is 22.7. The minimum atomic E-state index is -0.150. The summed E-state index contributed by atoms with van der Waals surface area (Å²) in [5.74, 6) is 0.879. The Bertz CT molecular complexity index is 1230. The normalized spacial score (nSPS) is 16.2. The van der Waals surface area contributed by atoms with Crippen LogP contribution >= 0.6 is 0 Å². The summed E-state index contributed by atoms with van der Waals surface area (Å²) in [4.78, 5) is 30.9. The van der Waals surface area contributed by atoms with E-state index in [1.54, 1.807) is 30.0 Å². The molecule has 2 aromatic carbocycles. The summed E-state index contributed by atoms with van der Waals surface area (Å²) in [6, 6.07) is 12.1. The van der Waals surface area contributed by atoms with Gasteiger partial charge in [0.2, 0.25) is 0 Å². The van der Waals surface area contributed by atoms with Crippen molar-refractivity contribution >= 4 is 22.4 Å². The van der Waals surface area contributed by atoms with Gasteiger partial charge in [-0.05, 0) is 45.0 Å². The zero-order valence-corrected chi connectivity index (χ0v) is 19.9. The van der Waals surface area contributed by atoms with E-state index in [0.717, 1.165) is 6.54 Å². The smallest absolute Gasteiger partial charge is 0.258 e. The van der Waals surface area contributed by atoms with Crippen LogP contribution in [0.25, 0.3) is 10.8 Å². The third-order valence-electron chi connectivity index (χ3n) is 6.44. The number of amides is 1. The minimum absolute atomic E-state index is 0.0789. The topological polar surface area (TPSA) is 64.0 Å². The largest absolute Gasteiger partial charge is 0.493 e. The molecule has 1 amide bonds. The van der Waals surface area contributed by atoms with E-state index >= 15 is 0 Å². The fraction of sp³-hybridized carbons (Fsp3) is 0.385. The first-order valence-electron chi connectivity index (χ1n) is 11.3.